The quantitative estimate of drug-likeness (QED) is 0.643. The Hall–Kier alpha value is -3.22. The summed E-state index contributed by atoms with van der Waals surface area (Å²) in [7, 11) is 0. The molecule has 33 heavy (non-hydrogen) atoms. The number of hydrogen-bond acceptors (Lipinski definition) is 4. The second-order valence-corrected chi connectivity index (χ2v) is 9.45. The van der Waals surface area contributed by atoms with Crippen molar-refractivity contribution >= 4 is 22.8 Å². The van der Waals surface area contributed by atoms with Gasteiger partial charge in [0.15, 0.2) is 0 Å². The van der Waals surface area contributed by atoms with E-state index in [2.05, 4.69) is 21.7 Å². The van der Waals surface area contributed by atoms with Crippen molar-refractivity contribution in [1.29, 1.82) is 0 Å². The molecule has 3 aromatic rings. The molecule has 172 valence electrons. The van der Waals surface area contributed by atoms with Crippen LogP contribution in [0.1, 0.15) is 66.1 Å². The van der Waals surface area contributed by atoms with Gasteiger partial charge in [0.25, 0.3) is 5.91 Å². The minimum absolute atomic E-state index is 0.00550. The van der Waals surface area contributed by atoms with Crippen LogP contribution in [-0.4, -0.2) is 44.8 Å². The number of likely N-dealkylation sites (tertiary alicyclic amines) is 1. The number of aryl methyl sites for hydroxylation is 1. The van der Waals surface area contributed by atoms with Gasteiger partial charge in [-0.05, 0) is 56.4 Å². The van der Waals surface area contributed by atoms with E-state index in [0.717, 1.165) is 29.4 Å². The van der Waals surface area contributed by atoms with Gasteiger partial charge in [-0.2, -0.15) is 0 Å². The van der Waals surface area contributed by atoms with Gasteiger partial charge in [-0.1, -0.05) is 47.9 Å². The first-order chi connectivity index (χ1) is 16.1. The van der Waals surface area contributed by atoms with Crippen LogP contribution in [0, 0.1) is 12.8 Å². The van der Waals surface area contributed by atoms with E-state index in [9.17, 15) is 9.59 Å². The molecule has 1 N–H and O–H groups in total. The summed E-state index contributed by atoms with van der Waals surface area (Å²) >= 11 is 0. The summed E-state index contributed by atoms with van der Waals surface area (Å²) in [5, 5.41) is 11.7. The third kappa shape index (κ3) is 4.63. The van der Waals surface area contributed by atoms with Crippen molar-refractivity contribution in [3.8, 4) is 0 Å². The molecule has 2 amide bonds. The fraction of sp³-hybridized carbons (Fsp3) is 0.462. The molecule has 2 aliphatic rings. The maximum absolute atomic E-state index is 13.1. The van der Waals surface area contributed by atoms with Crippen molar-refractivity contribution in [3.05, 3.63) is 59.2 Å². The molecular weight excluding hydrogens is 414 g/mol. The number of aromatic nitrogens is 3. The topological polar surface area (TPSA) is 80.1 Å². The Bertz CT molecular complexity index is 1160. The normalized spacial score (nSPS) is 17.5. The van der Waals surface area contributed by atoms with Gasteiger partial charge in [0.05, 0.1) is 11.6 Å². The summed E-state index contributed by atoms with van der Waals surface area (Å²) in [6.45, 7) is 3.77. The van der Waals surface area contributed by atoms with Crippen LogP contribution in [-0.2, 0) is 11.3 Å². The Morgan fingerprint density at radius 3 is 2.58 bits per heavy atom. The third-order valence-corrected chi connectivity index (χ3v) is 7.09. The largest absolute Gasteiger partial charge is 0.352 e. The average Bonchev–Trinajstić information content (AvgIpc) is 3.51. The zero-order valence-electron chi connectivity index (χ0n) is 19.2. The first kappa shape index (κ1) is 21.6. The summed E-state index contributed by atoms with van der Waals surface area (Å²) in [4.78, 5) is 27.6. The number of hydrogen-bond donors (Lipinski definition) is 1. The number of carbonyl (C=O) groups is 2. The van der Waals surface area contributed by atoms with Crippen molar-refractivity contribution in [2.75, 3.05) is 13.1 Å². The molecule has 0 radical (unpaired) electrons. The lowest BCUT2D eigenvalue weighted by Crippen LogP contribution is -2.42. The first-order valence-corrected chi connectivity index (χ1v) is 12.1. The number of fused-ring (bicyclic) bond motifs is 1. The molecule has 2 heterocycles. The van der Waals surface area contributed by atoms with Crippen LogP contribution in [0.25, 0.3) is 11.0 Å². The van der Waals surface area contributed by atoms with Gasteiger partial charge in [-0.3, -0.25) is 9.59 Å². The fourth-order valence-corrected chi connectivity index (χ4v) is 5.18. The highest BCUT2D eigenvalue weighted by molar-refractivity contribution is 5.97. The molecule has 5 rings (SSSR count). The van der Waals surface area contributed by atoms with Crippen molar-refractivity contribution in [2.24, 2.45) is 5.92 Å². The van der Waals surface area contributed by atoms with Crippen LogP contribution < -0.4 is 5.32 Å². The van der Waals surface area contributed by atoms with Crippen molar-refractivity contribution < 1.29 is 9.59 Å². The Kier molecular flexibility index (Phi) is 6.11. The summed E-state index contributed by atoms with van der Waals surface area (Å²) in [6, 6.07) is 14.3. The van der Waals surface area contributed by atoms with E-state index in [1.165, 1.54) is 18.4 Å². The molecule has 2 aromatic carbocycles. The monoisotopic (exact) mass is 445 g/mol. The molecule has 0 unspecified atom stereocenters. The van der Waals surface area contributed by atoms with Crippen LogP contribution >= 0.6 is 0 Å². The molecule has 1 aromatic heterocycles. The van der Waals surface area contributed by atoms with Gasteiger partial charge >= 0.3 is 0 Å². The first-order valence-electron chi connectivity index (χ1n) is 12.1. The number of nitrogens with one attached hydrogen (secondary N) is 1. The van der Waals surface area contributed by atoms with E-state index < -0.39 is 0 Å². The van der Waals surface area contributed by atoms with E-state index >= 15 is 0 Å². The summed E-state index contributed by atoms with van der Waals surface area (Å²) in [5.41, 5.74) is 4.72. The highest BCUT2D eigenvalue weighted by Gasteiger charge is 2.28. The molecular formula is C26H31N5O2. The standard InChI is InChI=1S/C26H31N5O2/c1-18-5-4-6-19(15-18)17-27-25(32)20-11-13-30(14-12-20)26(33)21-9-10-24-23(16-21)28-29-31(24)22-7-2-3-8-22/h4-6,9-10,15-16,20,22H,2-3,7-8,11-14,17H2,1H3,(H,27,32). The number of piperidine rings is 1. The maximum atomic E-state index is 13.1. The lowest BCUT2D eigenvalue weighted by Gasteiger charge is -2.31. The van der Waals surface area contributed by atoms with Crippen molar-refractivity contribution in [1.82, 2.24) is 25.2 Å². The number of rotatable bonds is 5. The summed E-state index contributed by atoms with van der Waals surface area (Å²) in [6.07, 6.45) is 6.14. The minimum Gasteiger partial charge on any atom is -0.352 e. The SMILES string of the molecule is Cc1cccc(CNC(=O)C2CCN(C(=O)c3ccc4c(c3)nnn4C3CCCC3)CC2)c1. The Morgan fingerprint density at radius 1 is 1.03 bits per heavy atom. The molecule has 2 fully saturated rings. The molecule has 1 aliphatic carbocycles. The van der Waals surface area contributed by atoms with Gasteiger partial charge in [0.1, 0.15) is 5.52 Å². The summed E-state index contributed by atoms with van der Waals surface area (Å²) < 4.78 is 2.03. The second kappa shape index (κ2) is 9.33. The number of carbonyl (C=O) groups excluding carboxylic acids is 2. The van der Waals surface area contributed by atoms with Crippen molar-refractivity contribution in [3.63, 3.8) is 0 Å². The summed E-state index contributed by atoms with van der Waals surface area (Å²) in [5.74, 6) is 0.0344. The predicted octanol–water partition coefficient (Wildman–Crippen LogP) is 4.02. The minimum atomic E-state index is -0.0485. The van der Waals surface area contributed by atoms with Gasteiger partial charge in [0.2, 0.25) is 5.91 Å². The van der Waals surface area contributed by atoms with Crippen LogP contribution in [0.15, 0.2) is 42.5 Å². The molecule has 1 saturated carbocycles. The molecule has 7 heteroatoms. The van der Waals surface area contributed by atoms with E-state index in [0.29, 0.717) is 44.1 Å². The molecule has 7 nitrogen and oxygen atoms in total. The Balaban J connectivity index is 1.17. The third-order valence-electron chi connectivity index (χ3n) is 7.09. The number of benzene rings is 2. The smallest absolute Gasteiger partial charge is 0.253 e. The van der Waals surface area contributed by atoms with E-state index in [1.54, 1.807) is 0 Å². The molecule has 0 spiro atoms. The number of nitrogens with zero attached hydrogens (tertiary/aromatic N) is 4. The number of amides is 2. The van der Waals surface area contributed by atoms with Gasteiger partial charge in [0, 0.05) is 31.1 Å². The fourth-order valence-electron chi connectivity index (χ4n) is 5.18. The molecule has 1 saturated heterocycles. The average molecular weight is 446 g/mol. The Labute approximate surface area is 194 Å². The highest BCUT2D eigenvalue weighted by Crippen LogP contribution is 2.31. The van der Waals surface area contributed by atoms with Gasteiger partial charge in [-0.25, -0.2) is 4.68 Å². The molecule has 0 bridgehead atoms. The van der Waals surface area contributed by atoms with E-state index in [-0.39, 0.29) is 17.7 Å². The van der Waals surface area contributed by atoms with Crippen LogP contribution in [0.4, 0.5) is 0 Å². The zero-order valence-corrected chi connectivity index (χ0v) is 19.2. The van der Waals surface area contributed by atoms with Crippen molar-refractivity contribution in [2.45, 2.75) is 58.0 Å². The van der Waals surface area contributed by atoms with Crippen LogP contribution in [0.5, 0.6) is 0 Å². The lowest BCUT2D eigenvalue weighted by atomic mass is 9.95. The van der Waals surface area contributed by atoms with Gasteiger partial charge in [-0.15, -0.1) is 5.10 Å². The van der Waals surface area contributed by atoms with E-state index in [1.807, 2.05) is 52.9 Å². The maximum Gasteiger partial charge on any atom is 0.253 e. The van der Waals surface area contributed by atoms with Crippen LogP contribution in [0.3, 0.4) is 0 Å². The molecule has 1 aliphatic heterocycles. The molecule has 0 atom stereocenters. The zero-order chi connectivity index (χ0) is 22.8. The van der Waals surface area contributed by atoms with E-state index in [4.69, 9.17) is 0 Å². The van der Waals surface area contributed by atoms with Crippen LogP contribution in [0.2, 0.25) is 0 Å². The highest BCUT2D eigenvalue weighted by atomic mass is 16.2. The predicted molar refractivity (Wildman–Crippen MR) is 127 cm³/mol. The second-order valence-electron chi connectivity index (χ2n) is 9.45. The van der Waals surface area contributed by atoms with Gasteiger partial charge < -0.3 is 10.2 Å². The Morgan fingerprint density at radius 2 is 1.82 bits per heavy atom. The lowest BCUT2D eigenvalue weighted by molar-refractivity contribution is -0.126.